The van der Waals surface area contributed by atoms with E-state index in [9.17, 15) is 17.6 Å². The van der Waals surface area contributed by atoms with E-state index in [2.05, 4.69) is 9.97 Å². The second-order valence-electron chi connectivity index (χ2n) is 4.79. The molecule has 0 fully saturated rings. The second-order valence-corrected chi connectivity index (χ2v) is 5.91. The fourth-order valence-electron chi connectivity index (χ4n) is 2.03. The van der Waals surface area contributed by atoms with Gasteiger partial charge in [-0.15, -0.1) is 0 Å². The molecule has 23 heavy (non-hydrogen) atoms. The lowest BCUT2D eigenvalue weighted by Gasteiger charge is -2.31. The number of rotatable bonds is 5. The molecule has 0 N–H and O–H groups in total. The summed E-state index contributed by atoms with van der Waals surface area (Å²) in [6.45, 7) is 3.47. The maximum atomic E-state index is 13.5. The lowest BCUT2D eigenvalue weighted by molar-refractivity contribution is -0.172. The first-order valence-electron chi connectivity index (χ1n) is 6.86. The van der Waals surface area contributed by atoms with Crippen LogP contribution in [0.3, 0.4) is 0 Å². The van der Waals surface area contributed by atoms with Gasteiger partial charge in [-0.1, -0.05) is 19.1 Å². The van der Waals surface area contributed by atoms with E-state index in [1.54, 1.807) is 13.8 Å². The van der Waals surface area contributed by atoms with Crippen molar-refractivity contribution in [1.82, 2.24) is 14.3 Å². The Kier molecular flexibility index (Phi) is 5.59. The molecule has 0 aliphatic carbocycles. The molecule has 124 valence electrons. The molecular weight excluding hydrogens is 330 g/mol. The van der Waals surface area contributed by atoms with Gasteiger partial charge >= 0.3 is 6.18 Å². The minimum Gasteiger partial charge on any atom is -0.240 e. The predicted octanol–water partition coefficient (Wildman–Crippen LogP) is 4.56. The van der Waals surface area contributed by atoms with Gasteiger partial charge in [-0.3, -0.25) is 0 Å². The highest BCUT2D eigenvalue weighted by molar-refractivity contribution is 7.97. The first-order chi connectivity index (χ1) is 10.8. The minimum atomic E-state index is -4.49. The number of aromatic nitrogens is 2. The van der Waals surface area contributed by atoms with Crippen LogP contribution in [0.5, 0.6) is 0 Å². The highest BCUT2D eigenvalue weighted by Gasteiger charge is 2.44. The summed E-state index contributed by atoms with van der Waals surface area (Å²) < 4.78 is 54.8. The highest BCUT2D eigenvalue weighted by Crippen LogP contribution is 2.42. The number of aryl methyl sites for hydroxylation is 1. The Bertz CT molecular complexity index is 629. The maximum Gasteiger partial charge on any atom is 0.408 e. The molecule has 0 saturated heterocycles. The Morgan fingerprint density at radius 3 is 2.17 bits per heavy atom. The summed E-state index contributed by atoms with van der Waals surface area (Å²) in [6, 6.07) is 2.52. The van der Waals surface area contributed by atoms with Gasteiger partial charge in [0.2, 0.25) is 0 Å². The van der Waals surface area contributed by atoms with E-state index < -0.39 is 18.0 Å². The number of alkyl halides is 3. The molecule has 0 aliphatic rings. The van der Waals surface area contributed by atoms with Crippen molar-refractivity contribution in [3.8, 4) is 0 Å². The van der Waals surface area contributed by atoms with Gasteiger partial charge in [-0.2, -0.15) is 13.2 Å². The molecule has 1 heterocycles. The normalized spacial score (nSPS) is 13.3. The van der Waals surface area contributed by atoms with Gasteiger partial charge < -0.3 is 0 Å². The molecule has 2 rings (SSSR count). The maximum absolute atomic E-state index is 13.5. The summed E-state index contributed by atoms with van der Waals surface area (Å²) in [5.41, 5.74) is -0.0127. The fourth-order valence-corrected chi connectivity index (χ4v) is 2.97. The molecule has 0 radical (unpaired) electrons. The summed E-state index contributed by atoms with van der Waals surface area (Å²) in [5.74, 6) is -0.0272. The summed E-state index contributed by atoms with van der Waals surface area (Å²) in [5, 5.41) is 0. The zero-order valence-electron chi connectivity index (χ0n) is 12.5. The SMILES string of the molecule is CCN(Sc1cnc(C)nc1)C(c1ccc(F)cc1)C(F)(F)F. The summed E-state index contributed by atoms with van der Waals surface area (Å²) in [6.07, 6.45) is -1.53. The van der Waals surface area contributed by atoms with Gasteiger partial charge in [0.25, 0.3) is 0 Å². The van der Waals surface area contributed by atoms with Crippen LogP contribution in [0.4, 0.5) is 17.6 Å². The van der Waals surface area contributed by atoms with E-state index in [4.69, 9.17) is 0 Å². The van der Waals surface area contributed by atoms with Gasteiger partial charge in [-0.05, 0) is 36.6 Å². The lowest BCUT2D eigenvalue weighted by Crippen LogP contribution is -2.34. The van der Waals surface area contributed by atoms with Crippen LogP contribution in [0.1, 0.15) is 24.4 Å². The molecule has 0 bridgehead atoms. The molecule has 1 aromatic heterocycles. The zero-order valence-corrected chi connectivity index (χ0v) is 13.3. The van der Waals surface area contributed by atoms with E-state index >= 15 is 0 Å². The fraction of sp³-hybridized carbons (Fsp3) is 0.333. The van der Waals surface area contributed by atoms with E-state index in [1.165, 1.54) is 16.7 Å². The molecule has 3 nitrogen and oxygen atoms in total. The van der Waals surface area contributed by atoms with Crippen LogP contribution in [0.25, 0.3) is 0 Å². The number of halogens is 4. The summed E-state index contributed by atoms with van der Waals surface area (Å²) in [7, 11) is 0. The Hall–Kier alpha value is -1.67. The summed E-state index contributed by atoms with van der Waals surface area (Å²) in [4.78, 5) is 8.47. The van der Waals surface area contributed by atoms with Gasteiger partial charge in [0.05, 0.1) is 4.90 Å². The first-order valence-corrected chi connectivity index (χ1v) is 7.64. The number of nitrogens with zero attached hydrogens (tertiary/aromatic N) is 3. The van der Waals surface area contributed by atoms with Crippen molar-refractivity contribution in [3.05, 3.63) is 53.9 Å². The van der Waals surface area contributed by atoms with Gasteiger partial charge in [0.1, 0.15) is 17.7 Å². The Balaban J connectivity index is 2.31. The van der Waals surface area contributed by atoms with Crippen LogP contribution in [0.15, 0.2) is 41.6 Å². The van der Waals surface area contributed by atoms with Crippen molar-refractivity contribution in [2.24, 2.45) is 0 Å². The molecule has 1 atom stereocenters. The zero-order chi connectivity index (χ0) is 17.0. The third-order valence-corrected chi connectivity index (χ3v) is 4.20. The van der Waals surface area contributed by atoms with Crippen LogP contribution in [-0.4, -0.2) is 27.0 Å². The largest absolute Gasteiger partial charge is 0.408 e. The Morgan fingerprint density at radius 1 is 1.13 bits per heavy atom. The van der Waals surface area contributed by atoms with Crippen molar-refractivity contribution in [3.63, 3.8) is 0 Å². The van der Waals surface area contributed by atoms with Crippen molar-refractivity contribution >= 4 is 11.9 Å². The standard InChI is InChI=1S/C15H15F4N3S/c1-3-22(23-13-8-20-10(2)21-9-13)14(15(17,18)19)11-4-6-12(16)7-5-11/h4-9,14H,3H2,1-2H3. The van der Waals surface area contributed by atoms with Crippen LogP contribution < -0.4 is 0 Å². The lowest BCUT2D eigenvalue weighted by atomic mass is 10.1. The number of hydrogen-bond donors (Lipinski definition) is 0. The van der Waals surface area contributed by atoms with Crippen LogP contribution in [0, 0.1) is 12.7 Å². The topological polar surface area (TPSA) is 29.0 Å². The average molecular weight is 345 g/mol. The Morgan fingerprint density at radius 2 is 1.70 bits per heavy atom. The number of benzene rings is 1. The van der Waals surface area contributed by atoms with Crippen LogP contribution in [0.2, 0.25) is 0 Å². The van der Waals surface area contributed by atoms with E-state index in [0.717, 1.165) is 36.2 Å². The predicted molar refractivity (Wildman–Crippen MR) is 80.2 cm³/mol. The van der Waals surface area contributed by atoms with E-state index in [-0.39, 0.29) is 12.1 Å². The molecule has 0 amide bonds. The van der Waals surface area contributed by atoms with Crippen molar-refractivity contribution in [2.75, 3.05) is 6.54 Å². The molecule has 1 aromatic carbocycles. The van der Waals surface area contributed by atoms with Crippen LogP contribution in [-0.2, 0) is 0 Å². The molecule has 1 unspecified atom stereocenters. The van der Waals surface area contributed by atoms with E-state index in [0.29, 0.717) is 10.7 Å². The van der Waals surface area contributed by atoms with Crippen LogP contribution >= 0.6 is 11.9 Å². The molecular formula is C15H15F4N3S. The first kappa shape index (κ1) is 17.7. The molecule has 0 saturated carbocycles. The smallest absolute Gasteiger partial charge is 0.240 e. The monoisotopic (exact) mass is 345 g/mol. The number of hydrogen-bond acceptors (Lipinski definition) is 4. The van der Waals surface area contributed by atoms with E-state index in [1.807, 2.05) is 0 Å². The molecule has 0 aliphatic heterocycles. The summed E-state index contributed by atoms with van der Waals surface area (Å²) >= 11 is 0.926. The molecule has 2 aromatic rings. The van der Waals surface area contributed by atoms with Gasteiger partial charge in [-0.25, -0.2) is 18.7 Å². The quantitative estimate of drug-likeness (QED) is 0.587. The third kappa shape index (κ3) is 4.65. The second kappa shape index (κ2) is 7.27. The minimum absolute atomic E-state index is 0.0127. The average Bonchev–Trinajstić information content (AvgIpc) is 2.49. The van der Waals surface area contributed by atoms with Gasteiger partial charge in [0, 0.05) is 18.9 Å². The molecule has 0 spiro atoms. The van der Waals surface area contributed by atoms with Crippen molar-refractivity contribution < 1.29 is 17.6 Å². The van der Waals surface area contributed by atoms with Gasteiger partial charge in [0.15, 0.2) is 0 Å². The third-order valence-electron chi connectivity index (χ3n) is 3.08. The van der Waals surface area contributed by atoms with Crippen molar-refractivity contribution in [1.29, 1.82) is 0 Å². The Labute approximate surface area is 135 Å². The highest BCUT2D eigenvalue weighted by atomic mass is 32.2. The molecule has 8 heteroatoms. The van der Waals surface area contributed by atoms with Crippen molar-refractivity contribution in [2.45, 2.75) is 31.0 Å².